The van der Waals surface area contributed by atoms with Crippen molar-refractivity contribution in [2.45, 2.75) is 25.6 Å². The molecule has 1 heterocycles. The first-order valence-electron chi connectivity index (χ1n) is 7.85. The fraction of sp³-hybridized carbons (Fsp3) is 0.333. The van der Waals surface area contributed by atoms with E-state index in [0.717, 1.165) is 11.1 Å². The van der Waals surface area contributed by atoms with E-state index in [2.05, 4.69) is 4.90 Å². The van der Waals surface area contributed by atoms with Crippen molar-refractivity contribution >= 4 is 33.0 Å². The molecule has 1 aliphatic heterocycles. The average Bonchev–Trinajstić information content (AvgIpc) is 2.87. The van der Waals surface area contributed by atoms with Crippen molar-refractivity contribution in [2.75, 3.05) is 11.5 Å². The Labute approximate surface area is 153 Å². The third kappa shape index (κ3) is 4.73. The highest BCUT2D eigenvalue weighted by atomic mass is 35.5. The van der Waals surface area contributed by atoms with Crippen molar-refractivity contribution < 1.29 is 8.42 Å². The molecular formula is C18H19Cl2NO2S. The molecule has 3 rings (SSSR count). The van der Waals surface area contributed by atoms with Gasteiger partial charge in [0.2, 0.25) is 0 Å². The van der Waals surface area contributed by atoms with Crippen LogP contribution in [0.5, 0.6) is 0 Å². The van der Waals surface area contributed by atoms with Crippen LogP contribution in [0.25, 0.3) is 0 Å². The molecule has 128 valence electrons. The maximum Gasteiger partial charge on any atom is 0.151 e. The highest BCUT2D eigenvalue weighted by molar-refractivity contribution is 7.91. The van der Waals surface area contributed by atoms with E-state index >= 15 is 0 Å². The number of sulfone groups is 1. The number of nitrogens with zero attached hydrogens (tertiary/aromatic N) is 1. The first-order chi connectivity index (χ1) is 11.4. The number of rotatable bonds is 5. The van der Waals surface area contributed by atoms with Crippen LogP contribution in [0.2, 0.25) is 10.0 Å². The van der Waals surface area contributed by atoms with Crippen LogP contribution in [0.1, 0.15) is 17.5 Å². The minimum Gasteiger partial charge on any atom is -0.291 e. The Bertz CT molecular complexity index is 776. The average molecular weight is 384 g/mol. The van der Waals surface area contributed by atoms with Gasteiger partial charge in [-0.2, -0.15) is 0 Å². The Morgan fingerprint density at radius 3 is 1.92 bits per heavy atom. The maximum atomic E-state index is 11.9. The summed E-state index contributed by atoms with van der Waals surface area (Å²) in [5.41, 5.74) is 2.16. The molecule has 1 aliphatic rings. The van der Waals surface area contributed by atoms with Gasteiger partial charge < -0.3 is 0 Å². The van der Waals surface area contributed by atoms with Gasteiger partial charge in [-0.3, -0.25) is 4.90 Å². The Kier molecular flexibility index (Phi) is 5.50. The molecule has 1 fully saturated rings. The minimum atomic E-state index is -2.94. The summed E-state index contributed by atoms with van der Waals surface area (Å²) in [5, 5.41) is 1.38. The molecule has 2 aromatic carbocycles. The Balaban J connectivity index is 1.83. The maximum absolute atomic E-state index is 11.9. The number of halogens is 2. The summed E-state index contributed by atoms with van der Waals surface area (Å²) in [7, 11) is -2.94. The van der Waals surface area contributed by atoms with Crippen molar-refractivity contribution in [1.82, 2.24) is 4.90 Å². The molecule has 24 heavy (non-hydrogen) atoms. The molecule has 0 N–H and O–H groups in total. The lowest BCUT2D eigenvalue weighted by Crippen LogP contribution is -2.35. The smallest absolute Gasteiger partial charge is 0.151 e. The summed E-state index contributed by atoms with van der Waals surface area (Å²) in [6, 6.07) is 15.4. The topological polar surface area (TPSA) is 37.4 Å². The zero-order valence-corrected chi connectivity index (χ0v) is 15.5. The normalized spacial score (nSPS) is 19.7. The molecule has 0 amide bonds. The Hall–Kier alpha value is -1.07. The number of hydrogen-bond acceptors (Lipinski definition) is 3. The van der Waals surface area contributed by atoms with E-state index in [4.69, 9.17) is 23.2 Å². The predicted molar refractivity (Wildman–Crippen MR) is 99.2 cm³/mol. The molecule has 0 radical (unpaired) electrons. The van der Waals surface area contributed by atoms with E-state index in [1.54, 1.807) is 0 Å². The SMILES string of the molecule is O=S1(=O)CCC(N(Cc2cccc(Cl)c2)Cc2cccc(Cl)c2)C1. The van der Waals surface area contributed by atoms with Crippen LogP contribution >= 0.6 is 23.2 Å². The van der Waals surface area contributed by atoms with Crippen LogP contribution < -0.4 is 0 Å². The molecule has 0 aliphatic carbocycles. The summed E-state index contributed by atoms with van der Waals surface area (Å²) in [4.78, 5) is 2.21. The molecule has 3 nitrogen and oxygen atoms in total. The largest absolute Gasteiger partial charge is 0.291 e. The van der Waals surface area contributed by atoms with Gasteiger partial charge >= 0.3 is 0 Å². The molecule has 1 saturated heterocycles. The second-order valence-corrected chi connectivity index (χ2v) is 9.32. The Morgan fingerprint density at radius 2 is 1.50 bits per heavy atom. The fourth-order valence-electron chi connectivity index (χ4n) is 3.12. The summed E-state index contributed by atoms with van der Waals surface area (Å²) in [6.45, 7) is 1.32. The number of benzene rings is 2. The van der Waals surface area contributed by atoms with E-state index in [1.807, 2.05) is 48.5 Å². The van der Waals surface area contributed by atoms with Gasteiger partial charge in [0, 0.05) is 29.2 Å². The predicted octanol–water partition coefficient (Wildman–Crippen LogP) is 4.18. The summed E-state index contributed by atoms with van der Waals surface area (Å²) >= 11 is 12.2. The van der Waals surface area contributed by atoms with Crippen molar-refractivity contribution in [3.63, 3.8) is 0 Å². The van der Waals surface area contributed by atoms with Crippen LogP contribution in [0, 0.1) is 0 Å². The third-order valence-corrected chi connectivity index (χ3v) is 6.49. The van der Waals surface area contributed by atoms with Gasteiger partial charge in [-0.05, 0) is 41.8 Å². The summed E-state index contributed by atoms with van der Waals surface area (Å²) < 4.78 is 23.8. The molecule has 0 spiro atoms. The lowest BCUT2D eigenvalue weighted by molar-refractivity contribution is 0.194. The van der Waals surface area contributed by atoms with Crippen LogP contribution in [0.15, 0.2) is 48.5 Å². The van der Waals surface area contributed by atoms with Crippen molar-refractivity contribution in [1.29, 1.82) is 0 Å². The molecule has 0 bridgehead atoms. The zero-order valence-electron chi connectivity index (χ0n) is 13.2. The van der Waals surface area contributed by atoms with Crippen LogP contribution in [0.4, 0.5) is 0 Å². The van der Waals surface area contributed by atoms with Crippen LogP contribution in [-0.2, 0) is 22.9 Å². The van der Waals surface area contributed by atoms with Gasteiger partial charge in [0.25, 0.3) is 0 Å². The van der Waals surface area contributed by atoms with Gasteiger partial charge in [0.15, 0.2) is 9.84 Å². The zero-order chi connectivity index (χ0) is 17.2. The fourth-order valence-corrected chi connectivity index (χ4v) is 5.30. The van der Waals surface area contributed by atoms with E-state index in [-0.39, 0.29) is 17.5 Å². The molecule has 0 aromatic heterocycles. The monoisotopic (exact) mass is 383 g/mol. The first kappa shape index (κ1) is 17.7. The Morgan fingerprint density at radius 1 is 0.958 bits per heavy atom. The summed E-state index contributed by atoms with van der Waals surface area (Å²) in [6.07, 6.45) is 0.670. The van der Waals surface area contributed by atoms with Crippen molar-refractivity contribution in [2.24, 2.45) is 0 Å². The van der Waals surface area contributed by atoms with E-state index in [1.165, 1.54) is 0 Å². The van der Waals surface area contributed by atoms with E-state index < -0.39 is 9.84 Å². The van der Waals surface area contributed by atoms with Gasteiger partial charge in [-0.1, -0.05) is 47.5 Å². The van der Waals surface area contributed by atoms with Gasteiger partial charge in [-0.15, -0.1) is 0 Å². The number of hydrogen-bond donors (Lipinski definition) is 0. The molecular weight excluding hydrogens is 365 g/mol. The molecule has 6 heteroatoms. The standard InChI is InChI=1S/C18H19Cl2NO2S/c19-16-5-1-3-14(9-16)11-21(18-7-8-24(22,23)13-18)12-15-4-2-6-17(20)10-15/h1-6,9-10,18H,7-8,11-13H2. The second kappa shape index (κ2) is 7.44. The van der Waals surface area contributed by atoms with Gasteiger partial charge in [-0.25, -0.2) is 8.42 Å². The van der Waals surface area contributed by atoms with Gasteiger partial charge in [0.05, 0.1) is 11.5 Å². The first-order valence-corrected chi connectivity index (χ1v) is 10.4. The molecule has 0 saturated carbocycles. The van der Waals surface area contributed by atoms with E-state index in [9.17, 15) is 8.42 Å². The van der Waals surface area contributed by atoms with Crippen molar-refractivity contribution in [3.8, 4) is 0 Å². The lowest BCUT2D eigenvalue weighted by atomic mass is 10.1. The third-order valence-electron chi connectivity index (χ3n) is 4.27. The van der Waals surface area contributed by atoms with Crippen LogP contribution in [-0.4, -0.2) is 30.9 Å². The van der Waals surface area contributed by atoms with E-state index in [0.29, 0.717) is 29.6 Å². The summed E-state index contributed by atoms with van der Waals surface area (Å²) in [5.74, 6) is 0.480. The second-order valence-electron chi connectivity index (χ2n) is 6.22. The van der Waals surface area contributed by atoms with Gasteiger partial charge in [0.1, 0.15) is 0 Å². The quantitative estimate of drug-likeness (QED) is 0.776. The van der Waals surface area contributed by atoms with Crippen molar-refractivity contribution in [3.05, 3.63) is 69.7 Å². The highest BCUT2D eigenvalue weighted by Crippen LogP contribution is 2.24. The van der Waals surface area contributed by atoms with Crippen LogP contribution in [0.3, 0.4) is 0 Å². The molecule has 1 unspecified atom stereocenters. The lowest BCUT2D eigenvalue weighted by Gasteiger charge is -2.28. The molecule has 1 atom stereocenters. The highest BCUT2D eigenvalue weighted by Gasteiger charge is 2.32. The minimum absolute atomic E-state index is 0.0213. The molecule has 2 aromatic rings.